The molecule has 1 N–H and O–H groups in total. The zero-order chi connectivity index (χ0) is 21.5. The van der Waals surface area contributed by atoms with E-state index in [2.05, 4.69) is 53.8 Å². The van der Waals surface area contributed by atoms with Crippen LogP contribution >= 0.6 is 0 Å². The van der Waals surface area contributed by atoms with E-state index in [0.717, 1.165) is 30.0 Å². The molecule has 4 heteroatoms. The lowest BCUT2D eigenvalue weighted by atomic mass is 9.59. The summed E-state index contributed by atoms with van der Waals surface area (Å²) in [6.45, 7) is 1.89. The molecule has 3 aliphatic carbocycles. The van der Waals surface area contributed by atoms with E-state index in [0.29, 0.717) is 43.8 Å². The van der Waals surface area contributed by atoms with Gasteiger partial charge in [0.15, 0.2) is 11.5 Å². The number of aryl methyl sites for hydroxylation is 1. The molecular weight excluding hydrogens is 398 g/mol. The number of fused-ring (bicyclic) bond motifs is 2. The van der Waals surface area contributed by atoms with Gasteiger partial charge in [-0.1, -0.05) is 54.6 Å². The van der Waals surface area contributed by atoms with Crippen molar-refractivity contribution in [1.29, 1.82) is 0 Å². The summed E-state index contributed by atoms with van der Waals surface area (Å²) in [6.07, 6.45) is 2.28. The molecule has 4 aliphatic rings. The van der Waals surface area contributed by atoms with E-state index in [1.165, 1.54) is 22.3 Å². The Hall–Kier alpha value is -3.27. The third-order valence-electron chi connectivity index (χ3n) is 7.23. The maximum Gasteiger partial charge on any atom is 0.220 e. The molecule has 32 heavy (non-hydrogen) atoms. The Balaban J connectivity index is 1.12. The highest BCUT2D eigenvalue weighted by atomic mass is 16.6. The molecule has 3 aromatic carbocycles. The van der Waals surface area contributed by atoms with E-state index in [-0.39, 0.29) is 5.91 Å². The van der Waals surface area contributed by atoms with Gasteiger partial charge in [0.2, 0.25) is 5.91 Å². The van der Waals surface area contributed by atoms with Crippen molar-refractivity contribution >= 4 is 5.91 Å². The maximum atomic E-state index is 12.7. The lowest BCUT2D eigenvalue weighted by molar-refractivity contribution is -0.121. The molecule has 4 nitrogen and oxygen atoms in total. The molecule has 0 radical (unpaired) electrons. The number of benzene rings is 3. The number of rotatable bonds is 5. The summed E-state index contributed by atoms with van der Waals surface area (Å²) in [7, 11) is 0. The van der Waals surface area contributed by atoms with Crippen LogP contribution in [-0.4, -0.2) is 25.7 Å². The molecule has 3 aromatic rings. The van der Waals surface area contributed by atoms with Crippen LogP contribution in [0.1, 0.15) is 52.5 Å². The van der Waals surface area contributed by atoms with Gasteiger partial charge < -0.3 is 14.8 Å². The number of carbonyl (C=O) groups is 1. The lowest BCUT2D eigenvalue weighted by Gasteiger charge is -2.45. The Labute approximate surface area is 188 Å². The second-order valence-electron chi connectivity index (χ2n) is 9.07. The van der Waals surface area contributed by atoms with Crippen molar-refractivity contribution in [2.24, 2.45) is 5.92 Å². The van der Waals surface area contributed by atoms with E-state index >= 15 is 0 Å². The van der Waals surface area contributed by atoms with Crippen molar-refractivity contribution in [1.82, 2.24) is 5.32 Å². The van der Waals surface area contributed by atoms with Crippen molar-refractivity contribution in [3.63, 3.8) is 0 Å². The second-order valence-corrected chi connectivity index (χ2v) is 9.07. The first-order valence-corrected chi connectivity index (χ1v) is 11.6. The normalized spacial score (nSPS) is 22.1. The smallest absolute Gasteiger partial charge is 0.220 e. The number of hydrogen-bond acceptors (Lipinski definition) is 3. The quantitative estimate of drug-likeness (QED) is 0.639. The Morgan fingerprint density at radius 2 is 1.50 bits per heavy atom. The molecule has 1 unspecified atom stereocenters. The number of carbonyl (C=O) groups excluding carboxylic acids is 1. The molecule has 0 fully saturated rings. The molecule has 0 aromatic heterocycles. The second kappa shape index (κ2) is 8.01. The molecule has 1 atom stereocenters. The van der Waals surface area contributed by atoms with E-state index in [4.69, 9.17) is 9.47 Å². The first kappa shape index (κ1) is 19.4. The van der Waals surface area contributed by atoms with Crippen molar-refractivity contribution in [2.45, 2.75) is 31.1 Å². The van der Waals surface area contributed by atoms with Crippen LogP contribution in [0.4, 0.5) is 0 Å². The van der Waals surface area contributed by atoms with Gasteiger partial charge in [-0.3, -0.25) is 4.79 Å². The van der Waals surface area contributed by atoms with Gasteiger partial charge in [0, 0.05) is 24.8 Å². The number of ether oxygens (including phenoxy) is 2. The highest BCUT2D eigenvalue weighted by Crippen LogP contribution is 2.55. The first-order valence-electron chi connectivity index (χ1n) is 11.6. The van der Waals surface area contributed by atoms with Crippen LogP contribution in [-0.2, 0) is 11.2 Å². The fourth-order valence-electron chi connectivity index (χ4n) is 5.79. The highest BCUT2D eigenvalue weighted by Gasteiger charge is 2.42. The third kappa shape index (κ3) is 3.35. The van der Waals surface area contributed by atoms with Crippen LogP contribution < -0.4 is 14.8 Å². The largest absolute Gasteiger partial charge is 0.486 e. The molecular formula is C28H27NO3. The van der Waals surface area contributed by atoms with Gasteiger partial charge in [0.05, 0.1) is 0 Å². The third-order valence-corrected chi connectivity index (χ3v) is 7.23. The number of nitrogens with one attached hydrogen (secondary N) is 1. The van der Waals surface area contributed by atoms with Crippen LogP contribution in [0, 0.1) is 5.92 Å². The van der Waals surface area contributed by atoms with Crippen LogP contribution in [0.2, 0.25) is 0 Å². The predicted molar refractivity (Wildman–Crippen MR) is 123 cm³/mol. The van der Waals surface area contributed by atoms with Gasteiger partial charge in [-0.05, 0) is 58.7 Å². The first-order chi connectivity index (χ1) is 15.8. The predicted octanol–water partition coefficient (Wildman–Crippen LogP) is 4.80. The minimum Gasteiger partial charge on any atom is -0.486 e. The van der Waals surface area contributed by atoms with Gasteiger partial charge in [-0.15, -0.1) is 0 Å². The Bertz CT molecular complexity index is 1120. The maximum absolute atomic E-state index is 12.7. The van der Waals surface area contributed by atoms with Crippen LogP contribution in [0.25, 0.3) is 0 Å². The van der Waals surface area contributed by atoms with Crippen LogP contribution in [0.3, 0.4) is 0 Å². The summed E-state index contributed by atoms with van der Waals surface area (Å²) in [5.41, 5.74) is 6.93. The van der Waals surface area contributed by atoms with Gasteiger partial charge in [0.25, 0.3) is 0 Å². The van der Waals surface area contributed by atoms with Crippen molar-refractivity contribution in [3.05, 3.63) is 94.5 Å². The van der Waals surface area contributed by atoms with Gasteiger partial charge in [-0.25, -0.2) is 0 Å². The topological polar surface area (TPSA) is 47.6 Å². The van der Waals surface area contributed by atoms with Gasteiger partial charge >= 0.3 is 0 Å². The number of amides is 1. The van der Waals surface area contributed by atoms with E-state index in [1.807, 2.05) is 18.2 Å². The zero-order valence-corrected chi connectivity index (χ0v) is 18.1. The molecule has 0 spiro atoms. The van der Waals surface area contributed by atoms with Crippen LogP contribution in [0.15, 0.2) is 66.7 Å². The minimum absolute atomic E-state index is 0.114. The number of hydrogen-bond donors (Lipinski definition) is 1. The zero-order valence-electron chi connectivity index (χ0n) is 18.1. The molecule has 7 rings (SSSR count). The Kier molecular flexibility index (Phi) is 4.86. The SMILES string of the molecule is O=C(CCc1ccc2c(c1)OCCO2)NCC1CC2c3ccccc3C1c1ccccc12. The summed E-state index contributed by atoms with van der Waals surface area (Å²) in [5.74, 6) is 2.92. The molecule has 1 aliphatic heterocycles. The van der Waals surface area contributed by atoms with Gasteiger partial charge in [0.1, 0.15) is 13.2 Å². The fourth-order valence-corrected chi connectivity index (χ4v) is 5.79. The molecule has 1 heterocycles. The summed E-state index contributed by atoms with van der Waals surface area (Å²) in [6, 6.07) is 23.7. The fraction of sp³-hybridized carbons (Fsp3) is 0.321. The molecule has 0 saturated heterocycles. The lowest BCUT2D eigenvalue weighted by Crippen LogP contribution is -2.39. The molecule has 162 valence electrons. The van der Waals surface area contributed by atoms with Crippen molar-refractivity contribution in [2.75, 3.05) is 19.8 Å². The monoisotopic (exact) mass is 425 g/mol. The highest BCUT2D eigenvalue weighted by molar-refractivity contribution is 5.76. The standard InChI is InChI=1S/C28H27NO3/c30-27(12-10-18-9-11-25-26(15-18)32-14-13-31-25)29-17-19-16-24-20-5-1-3-7-22(20)28(19)23-8-4-2-6-21(23)24/h1-9,11,15,19,24,28H,10,12-14,16-17H2,(H,29,30). The van der Waals surface area contributed by atoms with Crippen LogP contribution in [0.5, 0.6) is 11.5 Å². The summed E-state index contributed by atoms with van der Waals surface area (Å²) in [5, 5.41) is 3.24. The minimum atomic E-state index is 0.114. The average Bonchev–Trinajstić information content (AvgIpc) is 2.86. The summed E-state index contributed by atoms with van der Waals surface area (Å²) < 4.78 is 11.2. The summed E-state index contributed by atoms with van der Waals surface area (Å²) in [4.78, 5) is 12.7. The summed E-state index contributed by atoms with van der Waals surface area (Å²) >= 11 is 0. The van der Waals surface area contributed by atoms with Crippen molar-refractivity contribution < 1.29 is 14.3 Å². The molecule has 0 saturated carbocycles. The average molecular weight is 426 g/mol. The van der Waals surface area contributed by atoms with E-state index in [1.54, 1.807) is 0 Å². The van der Waals surface area contributed by atoms with Gasteiger partial charge in [-0.2, -0.15) is 0 Å². The Morgan fingerprint density at radius 1 is 0.844 bits per heavy atom. The van der Waals surface area contributed by atoms with Crippen molar-refractivity contribution in [3.8, 4) is 11.5 Å². The van der Waals surface area contributed by atoms with E-state index in [9.17, 15) is 4.79 Å². The Morgan fingerprint density at radius 3 is 2.22 bits per heavy atom. The van der Waals surface area contributed by atoms with E-state index < -0.39 is 0 Å². The molecule has 1 amide bonds. The molecule has 2 bridgehead atoms.